The number of carbonyl (C=O) groups excluding carboxylic acids is 2. The lowest BCUT2D eigenvalue weighted by Crippen LogP contribution is -2.50. The number of rotatable bonds is 10. The molecule has 1 aliphatic heterocycles. The summed E-state index contributed by atoms with van der Waals surface area (Å²) >= 11 is 0. The standard InChI is InChI=1S/C29H36N6O8/c1-29(2,3)43-28(39)32-15-13-19(14-16-32)33(17-21(37)18-36)27-25(35(40)41)24(26(30)38)34(31-27)20-9-11-23(12-10-20)42-22-7-5-4-6-8-22/h4-12,19,21,36-37H,13-18H2,1-3H3,(H2,30,38). The van der Waals surface area contributed by atoms with E-state index in [2.05, 4.69) is 5.10 Å². The van der Waals surface area contributed by atoms with Crippen LogP contribution in [0.3, 0.4) is 0 Å². The van der Waals surface area contributed by atoms with Crippen LogP contribution in [0.4, 0.5) is 16.3 Å². The maximum Gasteiger partial charge on any atom is 0.410 e. The fourth-order valence-corrected chi connectivity index (χ4v) is 4.83. The number of nitro groups is 1. The molecule has 1 unspecified atom stereocenters. The molecule has 4 N–H and O–H groups in total. The van der Waals surface area contributed by atoms with E-state index in [9.17, 15) is 29.9 Å². The number of hydrogen-bond donors (Lipinski definition) is 3. The number of primary amides is 1. The number of hydrogen-bond acceptors (Lipinski definition) is 10. The number of likely N-dealkylation sites (tertiary alicyclic amines) is 1. The molecule has 1 atom stereocenters. The highest BCUT2D eigenvalue weighted by Crippen LogP contribution is 2.36. The number of amides is 2. The first kappa shape index (κ1) is 31.3. The van der Waals surface area contributed by atoms with Gasteiger partial charge in [0.15, 0.2) is 0 Å². The normalized spacial score (nSPS) is 14.7. The first-order chi connectivity index (χ1) is 20.4. The Bertz CT molecular complexity index is 1430. The number of nitrogens with zero attached hydrogens (tertiary/aromatic N) is 5. The molecule has 3 aromatic rings. The van der Waals surface area contributed by atoms with E-state index in [-0.39, 0.29) is 25.5 Å². The molecule has 0 aliphatic carbocycles. The van der Waals surface area contributed by atoms with Gasteiger partial charge in [-0.1, -0.05) is 18.2 Å². The highest BCUT2D eigenvalue weighted by molar-refractivity contribution is 5.98. The number of benzene rings is 2. The molecule has 0 spiro atoms. The lowest BCUT2D eigenvalue weighted by molar-refractivity contribution is -0.384. The van der Waals surface area contributed by atoms with Crippen LogP contribution in [0.2, 0.25) is 0 Å². The third-order valence-corrected chi connectivity index (χ3v) is 6.77. The predicted octanol–water partition coefficient (Wildman–Crippen LogP) is 3.23. The van der Waals surface area contributed by atoms with Gasteiger partial charge in [0, 0.05) is 25.7 Å². The van der Waals surface area contributed by atoms with Crippen LogP contribution >= 0.6 is 0 Å². The van der Waals surface area contributed by atoms with Gasteiger partial charge in [0.1, 0.15) is 17.1 Å². The van der Waals surface area contributed by atoms with E-state index in [1.54, 1.807) is 62.1 Å². The highest BCUT2D eigenvalue weighted by Gasteiger charge is 2.39. The van der Waals surface area contributed by atoms with Crippen LogP contribution in [0, 0.1) is 10.1 Å². The highest BCUT2D eigenvalue weighted by atomic mass is 16.6. The third-order valence-electron chi connectivity index (χ3n) is 6.77. The molecule has 4 rings (SSSR count). The molecule has 230 valence electrons. The first-order valence-corrected chi connectivity index (χ1v) is 13.8. The van der Waals surface area contributed by atoms with Crippen LogP contribution in [0.15, 0.2) is 54.6 Å². The Hall–Kier alpha value is -4.69. The van der Waals surface area contributed by atoms with Crippen molar-refractivity contribution in [1.29, 1.82) is 0 Å². The van der Waals surface area contributed by atoms with Crippen molar-refractivity contribution in [3.05, 3.63) is 70.4 Å². The summed E-state index contributed by atoms with van der Waals surface area (Å²) in [6, 6.07) is 15.1. The summed E-state index contributed by atoms with van der Waals surface area (Å²) in [5.74, 6) is -0.160. The maximum absolute atomic E-state index is 12.6. The van der Waals surface area contributed by atoms with Crippen LogP contribution in [-0.2, 0) is 4.74 Å². The molecule has 1 aromatic heterocycles. The van der Waals surface area contributed by atoms with Crippen LogP contribution in [0.25, 0.3) is 5.69 Å². The smallest absolute Gasteiger partial charge is 0.410 e. The molecule has 2 aromatic carbocycles. The van der Waals surface area contributed by atoms with Crippen LogP contribution in [0.1, 0.15) is 44.1 Å². The van der Waals surface area contributed by atoms with E-state index in [4.69, 9.17) is 15.2 Å². The third kappa shape index (κ3) is 7.59. The Morgan fingerprint density at radius 1 is 1.12 bits per heavy atom. The van der Waals surface area contributed by atoms with Gasteiger partial charge in [-0.2, -0.15) is 0 Å². The minimum atomic E-state index is -1.26. The minimum Gasteiger partial charge on any atom is -0.457 e. The van der Waals surface area contributed by atoms with Gasteiger partial charge >= 0.3 is 11.8 Å². The monoisotopic (exact) mass is 596 g/mol. The number of aliphatic hydroxyl groups excluding tert-OH is 2. The van der Waals surface area contributed by atoms with E-state index >= 15 is 0 Å². The number of para-hydroxylation sites is 1. The zero-order chi connectivity index (χ0) is 31.3. The topological polar surface area (TPSA) is 187 Å². The lowest BCUT2D eigenvalue weighted by Gasteiger charge is -2.39. The minimum absolute atomic E-state index is 0.188. The van der Waals surface area contributed by atoms with Gasteiger partial charge in [0.05, 0.1) is 23.3 Å². The SMILES string of the molecule is CC(C)(C)OC(=O)N1CCC(N(CC(O)CO)c2nn(-c3ccc(Oc4ccccc4)cc3)c(C(N)=O)c2[N+](=O)[O-])CC1. The second kappa shape index (κ2) is 13.1. The Kier molecular flexibility index (Phi) is 9.51. The Morgan fingerprint density at radius 2 is 1.72 bits per heavy atom. The Labute approximate surface area is 248 Å². The van der Waals surface area contributed by atoms with E-state index in [1.807, 2.05) is 18.2 Å². The van der Waals surface area contributed by atoms with Gasteiger partial charge < -0.3 is 35.2 Å². The summed E-state index contributed by atoms with van der Waals surface area (Å²) in [5, 5.41) is 36.8. The molecule has 2 amide bonds. The summed E-state index contributed by atoms with van der Waals surface area (Å²) in [6.45, 7) is 5.05. The van der Waals surface area contributed by atoms with Crippen molar-refractivity contribution in [1.82, 2.24) is 14.7 Å². The second-order valence-corrected chi connectivity index (χ2v) is 11.2. The molecule has 14 heteroatoms. The molecule has 0 radical (unpaired) electrons. The van der Waals surface area contributed by atoms with Crippen molar-refractivity contribution < 1.29 is 34.2 Å². The average molecular weight is 597 g/mol. The molecule has 2 heterocycles. The van der Waals surface area contributed by atoms with Crippen molar-refractivity contribution in [2.45, 2.75) is 51.4 Å². The number of carbonyl (C=O) groups is 2. The Balaban J connectivity index is 1.68. The van der Waals surface area contributed by atoms with Gasteiger partial charge in [-0.3, -0.25) is 14.9 Å². The number of anilines is 1. The zero-order valence-corrected chi connectivity index (χ0v) is 24.3. The van der Waals surface area contributed by atoms with Gasteiger partial charge in [0.2, 0.25) is 11.5 Å². The zero-order valence-electron chi connectivity index (χ0n) is 24.3. The molecular weight excluding hydrogens is 560 g/mol. The fraction of sp³-hybridized carbons (Fsp3) is 0.414. The molecule has 1 aliphatic rings. The predicted molar refractivity (Wildman–Crippen MR) is 157 cm³/mol. The number of aromatic nitrogens is 2. The van der Waals surface area contributed by atoms with E-state index < -0.39 is 52.7 Å². The quantitative estimate of drug-likeness (QED) is 0.232. The van der Waals surface area contributed by atoms with E-state index in [0.717, 1.165) is 4.68 Å². The van der Waals surface area contributed by atoms with Crippen LogP contribution in [-0.4, -0.2) is 85.8 Å². The van der Waals surface area contributed by atoms with Gasteiger partial charge in [0.25, 0.3) is 5.91 Å². The number of piperidine rings is 1. The molecule has 1 fully saturated rings. The summed E-state index contributed by atoms with van der Waals surface area (Å²) < 4.78 is 12.4. The number of nitrogens with two attached hydrogens (primary N) is 1. The average Bonchev–Trinajstić information content (AvgIpc) is 3.37. The summed E-state index contributed by atoms with van der Waals surface area (Å²) in [6.07, 6.45) is -1.02. The maximum atomic E-state index is 12.6. The number of aliphatic hydroxyl groups is 2. The molecule has 1 saturated heterocycles. The van der Waals surface area contributed by atoms with Gasteiger partial charge in [-0.15, -0.1) is 5.10 Å². The first-order valence-electron chi connectivity index (χ1n) is 13.8. The van der Waals surface area contributed by atoms with Crippen molar-refractivity contribution in [2.24, 2.45) is 5.73 Å². The van der Waals surface area contributed by atoms with Crippen molar-refractivity contribution in [3.63, 3.8) is 0 Å². The van der Waals surface area contributed by atoms with Crippen molar-refractivity contribution in [3.8, 4) is 17.2 Å². The van der Waals surface area contributed by atoms with E-state index in [1.165, 1.54) is 4.90 Å². The van der Waals surface area contributed by atoms with E-state index in [0.29, 0.717) is 30.0 Å². The molecule has 0 bridgehead atoms. The molecule has 14 nitrogen and oxygen atoms in total. The molecular formula is C29H36N6O8. The van der Waals surface area contributed by atoms with Crippen molar-refractivity contribution in [2.75, 3.05) is 31.1 Å². The van der Waals surface area contributed by atoms with Crippen LogP contribution < -0.4 is 15.4 Å². The molecule has 43 heavy (non-hydrogen) atoms. The second-order valence-electron chi connectivity index (χ2n) is 11.2. The molecule has 0 saturated carbocycles. The van der Waals surface area contributed by atoms with Gasteiger partial charge in [-0.25, -0.2) is 9.48 Å². The Morgan fingerprint density at radius 3 is 2.26 bits per heavy atom. The van der Waals surface area contributed by atoms with Crippen LogP contribution in [0.5, 0.6) is 11.5 Å². The summed E-state index contributed by atoms with van der Waals surface area (Å²) in [4.78, 5) is 39.9. The van der Waals surface area contributed by atoms with Gasteiger partial charge in [-0.05, 0) is 70.0 Å². The lowest BCUT2D eigenvalue weighted by atomic mass is 10.0. The number of ether oxygens (including phenoxy) is 2. The largest absolute Gasteiger partial charge is 0.457 e. The summed E-state index contributed by atoms with van der Waals surface area (Å²) in [7, 11) is 0. The van der Waals surface area contributed by atoms with Crippen molar-refractivity contribution >= 4 is 23.5 Å². The summed E-state index contributed by atoms with van der Waals surface area (Å²) in [5.41, 5.74) is 4.21. The fourth-order valence-electron chi connectivity index (χ4n) is 4.83.